The van der Waals surface area contributed by atoms with E-state index in [0.717, 1.165) is 11.4 Å². The van der Waals surface area contributed by atoms with Gasteiger partial charge in [-0.3, -0.25) is 0 Å². The van der Waals surface area contributed by atoms with Crippen molar-refractivity contribution in [3.8, 4) is 0 Å². The predicted octanol–water partition coefficient (Wildman–Crippen LogP) is 3.59. The van der Waals surface area contributed by atoms with Gasteiger partial charge in [-0.1, -0.05) is 37.5 Å². The highest BCUT2D eigenvalue weighted by atomic mass is 32.1. The van der Waals surface area contributed by atoms with Gasteiger partial charge in [0, 0.05) is 7.05 Å². The van der Waals surface area contributed by atoms with Crippen molar-refractivity contribution in [3.05, 3.63) is 23.8 Å². The topological polar surface area (TPSA) is 29.3 Å². The molecule has 1 radical (unpaired) electrons. The maximum Gasteiger partial charge on any atom is 0.141 e. The van der Waals surface area contributed by atoms with Crippen LogP contribution in [0.3, 0.4) is 0 Å². The molecule has 0 atom stereocenters. The Bertz CT molecular complexity index is 397. The second kappa shape index (κ2) is 5.50. The third-order valence-electron chi connectivity index (χ3n) is 3.63. The summed E-state index contributed by atoms with van der Waals surface area (Å²) in [6.07, 6.45) is 6.67. The van der Waals surface area contributed by atoms with Gasteiger partial charge in [-0.05, 0) is 36.5 Å². The van der Waals surface area contributed by atoms with E-state index in [1.807, 2.05) is 7.05 Å². The first-order valence-electron chi connectivity index (χ1n) is 6.23. The van der Waals surface area contributed by atoms with E-state index in [4.69, 9.17) is 18.0 Å². The Balaban J connectivity index is 2.20. The second-order valence-electron chi connectivity index (χ2n) is 4.80. The monoisotopic (exact) mass is 247 g/mol. The maximum absolute atomic E-state index is 6.08. The Labute approximate surface area is 109 Å². The lowest BCUT2D eigenvalue weighted by molar-refractivity contribution is 0.444. The van der Waals surface area contributed by atoms with Gasteiger partial charge in [0.2, 0.25) is 0 Å². The summed E-state index contributed by atoms with van der Waals surface area (Å²) >= 11 is 4.79. The largest absolute Gasteiger partial charge is 0.397 e. The molecule has 0 aliphatic heterocycles. The lowest BCUT2D eigenvalue weighted by atomic mass is 9.84. The third kappa shape index (κ3) is 2.78. The molecule has 2 nitrogen and oxygen atoms in total. The lowest BCUT2D eigenvalue weighted by Gasteiger charge is -2.23. The van der Waals surface area contributed by atoms with Crippen molar-refractivity contribution >= 4 is 29.1 Å². The molecule has 1 fully saturated rings. The third-order valence-corrected chi connectivity index (χ3v) is 3.90. The van der Waals surface area contributed by atoms with Gasteiger partial charge in [-0.15, -0.1) is 0 Å². The molecule has 2 N–H and O–H groups in total. The van der Waals surface area contributed by atoms with Gasteiger partial charge in [0.1, 0.15) is 5.49 Å². The molecule has 2 rings (SSSR count). The average molecular weight is 247 g/mol. The minimum atomic E-state index is 0.696. The van der Waals surface area contributed by atoms with Gasteiger partial charge in [0.05, 0.1) is 11.4 Å². The second-order valence-corrected chi connectivity index (χ2v) is 4.99. The Hall–Kier alpha value is -1.09. The molecular weight excluding hydrogens is 228 g/mol. The van der Waals surface area contributed by atoms with Gasteiger partial charge in [0.25, 0.3) is 0 Å². The number of nitrogen functional groups attached to an aromatic ring is 1. The Morgan fingerprint density at radius 3 is 2.59 bits per heavy atom. The van der Waals surface area contributed by atoms with Crippen LogP contribution in [0.5, 0.6) is 0 Å². The summed E-state index contributed by atoms with van der Waals surface area (Å²) in [5.74, 6) is 0.696. The van der Waals surface area contributed by atoms with Crippen LogP contribution in [0.4, 0.5) is 11.4 Å². The molecule has 1 aliphatic carbocycles. The number of hydrogen-bond donors (Lipinski definition) is 1. The van der Waals surface area contributed by atoms with Crippen molar-refractivity contribution in [2.45, 2.75) is 38.0 Å². The first-order valence-corrected chi connectivity index (χ1v) is 6.64. The molecule has 0 unspecified atom stereocenters. The van der Waals surface area contributed by atoms with E-state index in [2.05, 4.69) is 23.7 Å². The van der Waals surface area contributed by atoms with Crippen molar-refractivity contribution in [1.82, 2.24) is 0 Å². The van der Waals surface area contributed by atoms with Gasteiger partial charge < -0.3 is 10.6 Å². The van der Waals surface area contributed by atoms with E-state index < -0.39 is 0 Å². The standard InChI is InChI=1S/C14H19N2S/c1-16(10-17)14-8-7-12(9-13(14)15)11-5-3-2-4-6-11/h7-9,11H,2-6,15H2,1H3. The van der Waals surface area contributed by atoms with Gasteiger partial charge in [0.15, 0.2) is 0 Å². The molecule has 0 amide bonds. The molecule has 91 valence electrons. The summed E-state index contributed by atoms with van der Waals surface area (Å²) in [6.45, 7) is 0. The molecule has 1 aromatic carbocycles. The quantitative estimate of drug-likeness (QED) is 0.503. The molecule has 1 saturated carbocycles. The molecule has 0 heterocycles. The minimum Gasteiger partial charge on any atom is -0.397 e. The fourth-order valence-electron chi connectivity index (χ4n) is 2.62. The smallest absolute Gasteiger partial charge is 0.141 e. The van der Waals surface area contributed by atoms with Crippen LogP contribution in [-0.4, -0.2) is 12.5 Å². The van der Waals surface area contributed by atoms with E-state index in [1.165, 1.54) is 37.7 Å². The zero-order chi connectivity index (χ0) is 12.3. The lowest BCUT2D eigenvalue weighted by Crippen LogP contribution is -2.15. The van der Waals surface area contributed by atoms with E-state index >= 15 is 0 Å². The molecule has 1 aromatic rings. The van der Waals surface area contributed by atoms with Gasteiger partial charge >= 0.3 is 0 Å². The summed E-state index contributed by atoms with van der Waals surface area (Å²) in [5, 5.41) is 0. The average Bonchev–Trinajstić information content (AvgIpc) is 2.39. The molecule has 17 heavy (non-hydrogen) atoms. The summed E-state index contributed by atoms with van der Waals surface area (Å²) in [4.78, 5) is 1.76. The number of benzene rings is 1. The highest BCUT2D eigenvalue weighted by Crippen LogP contribution is 2.35. The number of nitrogens with two attached hydrogens (primary N) is 1. The molecule has 0 bridgehead atoms. The van der Waals surface area contributed by atoms with Crippen LogP contribution in [0, 0.1) is 0 Å². The number of nitrogens with zero attached hydrogens (tertiary/aromatic N) is 1. The minimum absolute atomic E-state index is 0.696. The Morgan fingerprint density at radius 1 is 1.29 bits per heavy atom. The zero-order valence-corrected chi connectivity index (χ0v) is 11.1. The van der Waals surface area contributed by atoms with E-state index in [9.17, 15) is 0 Å². The van der Waals surface area contributed by atoms with Gasteiger partial charge in [-0.25, -0.2) is 0 Å². The normalized spacial score (nSPS) is 16.8. The van der Waals surface area contributed by atoms with Crippen LogP contribution in [0.1, 0.15) is 43.6 Å². The van der Waals surface area contributed by atoms with Crippen molar-refractivity contribution in [2.24, 2.45) is 0 Å². The van der Waals surface area contributed by atoms with Crippen LogP contribution in [-0.2, 0) is 0 Å². The van der Waals surface area contributed by atoms with Crippen LogP contribution < -0.4 is 10.6 Å². The van der Waals surface area contributed by atoms with E-state index in [0.29, 0.717) is 5.92 Å². The summed E-state index contributed by atoms with van der Waals surface area (Å²) in [6, 6.07) is 6.35. The van der Waals surface area contributed by atoms with E-state index in [1.54, 1.807) is 4.90 Å². The number of anilines is 2. The Morgan fingerprint density at radius 2 is 2.00 bits per heavy atom. The van der Waals surface area contributed by atoms with Gasteiger partial charge in [-0.2, -0.15) is 0 Å². The predicted molar refractivity (Wildman–Crippen MR) is 77.7 cm³/mol. The Kier molecular flexibility index (Phi) is 4.00. The first-order chi connectivity index (χ1) is 8.22. The van der Waals surface area contributed by atoms with Crippen molar-refractivity contribution in [2.75, 3.05) is 17.7 Å². The summed E-state index contributed by atoms with van der Waals surface area (Å²) in [7, 11) is 1.87. The van der Waals surface area contributed by atoms with Crippen LogP contribution in [0.25, 0.3) is 0 Å². The van der Waals surface area contributed by atoms with Crippen molar-refractivity contribution in [3.63, 3.8) is 0 Å². The van der Waals surface area contributed by atoms with Crippen LogP contribution in [0.15, 0.2) is 18.2 Å². The molecular formula is C14H19N2S. The highest BCUT2D eigenvalue weighted by molar-refractivity contribution is 7.79. The number of thiocarbonyl (C=S) groups is 1. The summed E-state index contributed by atoms with van der Waals surface area (Å²) in [5.41, 5.74) is 11.9. The highest BCUT2D eigenvalue weighted by Gasteiger charge is 2.16. The van der Waals surface area contributed by atoms with Crippen molar-refractivity contribution < 1.29 is 0 Å². The SMILES string of the molecule is CN([C]=S)c1ccc(C2CCCCC2)cc1N. The number of rotatable bonds is 3. The molecule has 1 aliphatic rings. The van der Waals surface area contributed by atoms with Crippen molar-refractivity contribution in [1.29, 1.82) is 0 Å². The fraction of sp³-hybridized carbons (Fsp3) is 0.500. The van der Waals surface area contributed by atoms with Crippen LogP contribution >= 0.6 is 12.2 Å². The molecule has 0 aromatic heterocycles. The molecule has 3 heteroatoms. The molecule has 0 spiro atoms. The van der Waals surface area contributed by atoms with E-state index in [-0.39, 0.29) is 0 Å². The summed E-state index contributed by atoms with van der Waals surface area (Å²) < 4.78 is 0. The zero-order valence-electron chi connectivity index (χ0n) is 10.3. The maximum atomic E-state index is 6.08. The van der Waals surface area contributed by atoms with Crippen LogP contribution in [0.2, 0.25) is 0 Å². The molecule has 0 saturated heterocycles. The first kappa shape index (κ1) is 12.4. The fourth-order valence-corrected chi connectivity index (χ4v) is 2.72. The number of hydrogen-bond acceptors (Lipinski definition) is 2.